The van der Waals surface area contributed by atoms with Crippen molar-refractivity contribution < 1.29 is 18.8 Å². The van der Waals surface area contributed by atoms with Gasteiger partial charge in [-0.25, -0.2) is 4.52 Å². The molecule has 2 saturated heterocycles. The molecular weight excluding hydrogens is 359 g/mol. The van der Waals surface area contributed by atoms with E-state index in [2.05, 4.69) is 11.2 Å². The van der Waals surface area contributed by atoms with Crippen molar-refractivity contribution in [3.05, 3.63) is 24.0 Å². The van der Waals surface area contributed by atoms with Crippen molar-refractivity contribution in [1.29, 1.82) is 5.26 Å². The molecule has 4 heterocycles. The summed E-state index contributed by atoms with van der Waals surface area (Å²) < 4.78 is 18.9. The molecule has 0 atom stereocenters. The maximum Gasteiger partial charge on any atom is 0.496 e. The largest absolute Gasteiger partial charge is 0.496 e. The lowest BCUT2D eigenvalue weighted by molar-refractivity contribution is -0.146. The second kappa shape index (κ2) is 6.22. The zero-order chi connectivity index (χ0) is 20.3. The molecule has 2 aliphatic heterocycles. The molecule has 0 unspecified atom stereocenters. The van der Waals surface area contributed by atoms with Crippen LogP contribution in [0.15, 0.2) is 18.5 Å². The van der Waals surface area contributed by atoms with Gasteiger partial charge in [-0.05, 0) is 33.8 Å². The van der Waals surface area contributed by atoms with Crippen LogP contribution in [-0.4, -0.2) is 54.1 Å². The van der Waals surface area contributed by atoms with Gasteiger partial charge in [0, 0.05) is 24.7 Å². The number of nitriles is 1. The van der Waals surface area contributed by atoms with Crippen LogP contribution in [0.25, 0.3) is 5.52 Å². The number of fused-ring (bicyclic) bond motifs is 1. The molecule has 0 spiro atoms. The van der Waals surface area contributed by atoms with E-state index >= 15 is 0 Å². The van der Waals surface area contributed by atoms with Crippen LogP contribution < -0.4 is 10.4 Å². The van der Waals surface area contributed by atoms with Gasteiger partial charge in [0.15, 0.2) is 0 Å². The second-order valence-corrected chi connectivity index (χ2v) is 8.34. The topological polar surface area (TPSA) is 89.1 Å². The first kappa shape index (κ1) is 18.8. The summed E-state index contributed by atoms with van der Waals surface area (Å²) in [5, 5.41) is 13.8. The van der Waals surface area contributed by atoms with Crippen molar-refractivity contribution in [1.82, 2.24) is 9.61 Å². The van der Waals surface area contributed by atoms with E-state index in [4.69, 9.17) is 14.0 Å². The van der Waals surface area contributed by atoms with E-state index in [-0.39, 0.29) is 11.9 Å². The highest BCUT2D eigenvalue weighted by Gasteiger charge is 2.52. The first-order chi connectivity index (χ1) is 13.2. The van der Waals surface area contributed by atoms with E-state index in [0.717, 1.165) is 11.2 Å². The summed E-state index contributed by atoms with van der Waals surface area (Å²) in [6, 6.07) is 4.16. The minimum absolute atomic E-state index is 0.168. The quantitative estimate of drug-likeness (QED) is 0.581. The molecule has 8 nitrogen and oxygen atoms in total. The number of aromatic nitrogens is 2. The Morgan fingerprint density at radius 2 is 1.96 bits per heavy atom. The van der Waals surface area contributed by atoms with Crippen molar-refractivity contribution in [2.24, 2.45) is 5.92 Å². The number of ether oxygens (including phenoxy) is 1. The number of pyridine rings is 1. The Kier molecular flexibility index (Phi) is 4.17. The van der Waals surface area contributed by atoms with E-state index in [1.807, 2.05) is 44.9 Å². The van der Waals surface area contributed by atoms with E-state index < -0.39 is 18.3 Å². The number of methoxy groups -OCH3 is 1. The number of hydrogen-bond donors (Lipinski definition) is 0. The standard InChI is InChI=1S/C19H23BN4O4/c1-18(2)19(3,4)28-20(27-18)14-6-15(23-9-13(10-23)17(25)26-5)16-12(7-21)8-22-24(16)11-14/h6,8,11,13H,9-10H2,1-5H3. The van der Waals surface area contributed by atoms with Crippen molar-refractivity contribution in [3.63, 3.8) is 0 Å². The summed E-state index contributed by atoms with van der Waals surface area (Å²) in [5.41, 5.74) is 1.93. The number of carbonyl (C=O) groups is 1. The first-order valence-electron chi connectivity index (χ1n) is 9.26. The van der Waals surface area contributed by atoms with Crippen LogP contribution in [0.1, 0.15) is 33.3 Å². The molecule has 0 N–H and O–H groups in total. The molecule has 0 saturated carbocycles. The number of esters is 1. The Hall–Kier alpha value is -2.57. The first-order valence-corrected chi connectivity index (χ1v) is 9.26. The molecule has 2 fully saturated rings. The third-order valence-electron chi connectivity index (χ3n) is 6.02. The van der Waals surface area contributed by atoms with Gasteiger partial charge >= 0.3 is 13.1 Å². The summed E-state index contributed by atoms with van der Waals surface area (Å²) in [6.45, 7) is 9.08. The Bertz CT molecular complexity index is 972. The van der Waals surface area contributed by atoms with Gasteiger partial charge in [-0.1, -0.05) is 0 Å². The molecule has 0 aliphatic carbocycles. The predicted molar refractivity (Wildman–Crippen MR) is 103 cm³/mol. The average Bonchev–Trinajstić information content (AvgIpc) is 3.10. The fraction of sp³-hybridized carbons (Fsp3) is 0.526. The van der Waals surface area contributed by atoms with Crippen LogP contribution in [0.3, 0.4) is 0 Å². The summed E-state index contributed by atoms with van der Waals surface area (Å²) in [6.07, 6.45) is 3.38. The SMILES string of the molecule is COC(=O)C1CN(c2cc(B3OC(C)(C)C(C)(C)O3)cn3ncc(C#N)c23)C1. The lowest BCUT2D eigenvalue weighted by Gasteiger charge is -2.39. The molecule has 2 aromatic rings. The lowest BCUT2D eigenvalue weighted by Crippen LogP contribution is -2.51. The summed E-state index contributed by atoms with van der Waals surface area (Å²) in [4.78, 5) is 13.8. The van der Waals surface area contributed by atoms with Crippen LogP contribution in [0, 0.1) is 17.2 Å². The highest BCUT2D eigenvalue weighted by atomic mass is 16.7. The van der Waals surface area contributed by atoms with Gasteiger partial charge in [0.05, 0.1) is 41.7 Å². The molecule has 0 amide bonds. The maximum atomic E-state index is 11.8. The van der Waals surface area contributed by atoms with Gasteiger partial charge in [-0.2, -0.15) is 10.4 Å². The van der Waals surface area contributed by atoms with Gasteiger partial charge in [0.25, 0.3) is 0 Å². The zero-order valence-corrected chi connectivity index (χ0v) is 16.7. The van der Waals surface area contributed by atoms with Gasteiger partial charge in [0.1, 0.15) is 11.6 Å². The van der Waals surface area contributed by atoms with Gasteiger partial charge < -0.3 is 18.9 Å². The molecule has 2 aliphatic rings. The van der Waals surface area contributed by atoms with E-state index in [1.54, 1.807) is 10.7 Å². The Balaban J connectivity index is 1.73. The summed E-state index contributed by atoms with van der Waals surface area (Å²) in [7, 11) is 0.855. The van der Waals surface area contributed by atoms with Crippen LogP contribution in [0.4, 0.5) is 5.69 Å². The zero-order valence-electron chi connectivity index (χ0n) is 16.7. The smallest absolute Gasteiger partial charge is 0.469 e. The fourth-order valence-electron chi connectivity index (χ4n) is 3.54. The summed E-state index contributed by atoms with van der Waals surface area (Å²) >= 11 is 0. The third-order valence-corrected chi connectivity index (χ3v) is 6.02. The van der Waals surface area contributed by atoms with E-state index in [9.17, 15) is 10.1 Å². The molecule has 0 bridgehead atoms. The van der Waals surface area contributed by atoms with Crippen LogP contribution >= 0.6 is 0 Å². The number of rotatable bonds is 3. The highest BCUT2D eigenvalue weighted by Crippen LogP contribution is 2.37. The lowest BCUT2D eigenvalue weighted by atomic mass is 9.79. The van der Waals surface area contributed by atoms with E-state index in [1.165, 1.54) is 7.11 Å². The molecule has 2 aromatic heterocycles. The number of nitrogens with zero attached hydrogens (tertiary/aromatic N) is 4. The van der Waals surface area contributed by atoms with E-state index in [0.29, 0.717) is 24.2 Å². The Morgan fingerprint density at radius 3 is 2.54 bits per heavy atom. The monoisotopic (exact) mass is 382 g/mol. The minimum atomic E-state index is -0.541. The third kappa shape index (κ3) is 2.75. The maximum absolute atomic E-state index is 11.8. The Labute approximate surface area is 164 Å². The van der Waals surface area contributed by atoms with Crippen molar-refractivity contribution in [2.75, 3.05) is 25.1 Å². The van der Waals surface area contributed by atoms with Crippen molar-refractivity contribution in [3.8, 4) is 6.07 Å². The molecule has 0 radical (unpaired) electrons. The second-order valence-electron chi connectivity index (χ2n) is 8.34. The van der Waals surface area contributed by atoms with Gasteiger partial charge in [0.2, 0.25) is 0 Å². The van der Waals surface area contributed by atoms with Crippen LogP contribution in [-0.2, 0) is 18.8 Å². The fourth-order valence-corrected chi connectivity index (χ4v) is 3.54. The summed E-state index contributed by atoms with van der Waals surface area (Å²) in [5.74, 6) is -0.387. The predicted octanol–water partition coefficient (Wildman–Crippen LogP) is 1.11. The molecule has 28 heavy (non-hydrogen) atoms. The molecule has 146 valence electrons. The average molecular weight is 382 g/mol. The molecule has 4 rings (SSSR count). The van der Waals surface area contributed by atoms with Crippen LogP contribution in [0.2, 0.25) is 0 Å². The van der Waals surface area contributed by atoms with Crippen molar-refractivity contribution in [2.45, 2.75) is 38.9 Å². The van der Waals surface area contributed by atoms with Gasteiger partial charge in [-0.15, -0.1) is 0 Å². The Morgan fingerprint density at radius 1 is 1.32 bits per heavy atom. The number of carbonyl (C=O) groups excluding carboxylic acids is 1. The highest BCUT2D eigenvalue weighted by molar-refractivity contribution is 6.62. The normalized spacial score (nSPS) is 20.9. The molecule has 9 heteroatoms. The van der Waals surface area contributed by atoms with Gasteiger partial charge in [-0.3, -0.25) is 4.79 Å². The number of anilines is 1. The molecule has 0 aromatic carbocycles. The minimum Gasteiger partial charge on any atom is -0.469 e. The van der Waals surface area contributed by atoms with Crippen LogP contribution in [0.5, 0.6) is 0 Å². The van der Waals surface area contributed by atoms with Crippen molar-refractivity contribution >= 4 is 29.8 Å². The molecular formula is C19H23BN4O4. The number of hydrogen-bond acceptors (Lipinski definition) is 7.